The molecule has 0 aromatic heterocycles. The molecule has 1 amide bonds. The third-order valence-corrected chi connectivity index (χ3v) is 6.07. The highest BCUT2D eigenvalue weighted by atomic mass is 19.4. The van der Waals surface area contributed by atoms with E-state index in [1.165, 1.54) is 6.07 Å². The summed E-state index contributed by atoms with van der Waals surface area (Å²) in [5.41, 5.74) is -1.71. The number of piperidine rings is 1. The van der Waals surface area contributed by atoms with Gasteiger partial charge in [-0.15, -0.1) is 0 Å². The van der Waals surface area contributed by atoms with Gasteiger partial charge in [0.25, 0.3) is 0 Å². The fraction of sp³-hybridized carbons (Fsp3) is 0.636. The van der Waals surface area contributed by atoms with Gasteiger partial charge in [-0.05, 0) is 63.6 Å². The molecule has 170 valence electrons. The van der Waals surface area contributed by atoms with Crippen LogP contribution in [0.3, 0.4) is 0 Å². The van der Waals surface area contributed by atoms with E-state index < -0.39 is 23.4 Å². The van der Waals surface area contributed by atoms with Gasteiger partial charge in [0.05, 0.1) is 29.8 Å². The van der Waals surface area contributed by atoms with Gasteiger partial charge in [0.1, 0.15) is 5.60 Å². The van der Waals surface area contributed by atoms with E-state index in [0.29, 0.717) is 44.6 Å². The predicted molar refractivity (Wildman–Crippen MR) is 108 cm³/mol. The molecule has 0 saturated carbocycles. The number of hydrogen-bond acceptors (Lipinski definition) is 5. The van der Waals surface area contributed by atoms with Crippen LogP contribution in [-0.2, 0) is 10.9 Å². The molecule has 2 aliphatic rings. The molecule has 1 N–H and O–H groups in total. The summed E-state index contributed by atoms with van der Waals surface area (Å²) in [6.45, 7) is 6.73. The molecule has 2 aliphatic heterocycles. The van der Waals surface area contributed by atoms with E-state index in [0.717, 1.165) is 6.07 Å². The molecule has 0 aliphatic carbocycles. The Balaban J connectivity index is 1.72. The number of likely N-dealkylation sites (tertiary alicyclic amines) is 1. The van der Waals surface area contributed by atoms with Crippen molar-refractivity contribution in [1.29, 1.82) is 5.26 Å². The summed E-state index contributed by atoms with van der Waals surface area (Å²) in [5.74, 6) is 0. The Labute approximate surface area is 180 Å². The van der Waals surface area contributed by atoms with Crippen molar-refractivity contribution in [3.8, 4) is 6.07 Å². The maximum Gasteiger partial charge on any atom is 0.417 e. The van der Waals surface area contributed by atoms with Gasteiger partial charge in [-0.1, -0.05) is 0 Å². The van der Waals surface area contributed by atoms with Gasteiger partial charge in [-0.2, -0.15) is 18.4 Å². The Hall–Kier alpha value is -2.47. The summed E-state index contributed by atoms with van der Waals surface area (Å²) in [4.78, 5) is 16.1. The lowest BCUT2D eigenvalue weighted by molar-refractivity contribution is -0.137. The molecule has 2 heterocycles. The van der Waals surface area contributed by atoms with Crippen molar-refractivity contribution in [2.75, 3.05) is 31.1 Å². The number of alkyl halides is 3. The zero-order chi connectivity index (χ0) is 23.0. The van der Waals surface area contributed by atoms with Crippen LogP contribution in [0.5, 0.6) is 0 Å². The van der Waals surface area contributed by atoms with Crippen molar-refractivity contribution >= 4 is 11.8 Å². The summed E-state index contributed by atoms with van der Waals surface area (Å²) < 4.78 is 45.4. The van der Waals surface area contributed by atoms with E-state index in [2.05, 4.69) is 0 Å². The average molecular weight is 439 g/mol. The first-order valence-corrected chi connectivity index (χ1v) is 10.3. The first-order valence-electron chi connectivity index (χ1n) is 10.3. The lowest BCUT2D eigenvalue weighted by Gasteiger charge is -2.40. The Morgan fingerprint density at radius 2 is 1.94 bits per heavy atom. The zero-order valence-electron chi connectivity index (χ0n) is 18.0. The topological polar surface area (TPSA) is 76.8 Å². The van der Waals surface area contributed by atoms with Crippen molar-refractivity contribution in [3.05, 3.63) is 29.3 Å². The second-order valence-electron chi connectivity index (χ2n) is 9.48. The minimum atomic E-state index is -4.59. The van der Waals surface area contributed by atoms with E-state index >= 15 is 0 Å². The van der Waals surface area contributed by atoms with Crippen LogP contribution in [0.1, 0.15) is 51.2 Å². The van der Waals surface area contributed by atoms with E-state index in [9.17, 15) is 23.1 Å². The number of nitrogens with zero attached hydrogens (tertiary/aromatic N) is 3. The van der Waals surface area contributed by atoms with Gasteiger partial charge >= 0.3 is 12.3 Å². The van der Waals surface area contributed by atoms with Crippen LogP contribution in [-0.4, -0.2) is 54.0 Å². The molecule has 1 spiro atoms. The molecule has 1 aromatic rings. The van der Waals surface area contributed by atoms with Gasteiger partial charge in [0, 0.05) is 25.3 Å². The number of aliphatic hydroxyl groups excluding tert-OH is 1. The van der Waals surface area contributed by atoms with Crippen molar-refractivity contribution < 1.29 is 27.8 Å². The van der Waals surface area contributed by atoms with Crippen LogP contribution in [0, 0.1) is 16.7 Å². The maximum absolute atomic E-state index is 13.3. The number of carbonyl (C=O) groups is 1. The monoisotopic (exact) mass is 439 g/mol. The SMILES string of the molecule is CC(C)(C)OC(=O)N1CC2(CCN(c3ccc(C#N)c(C(F)(F)F)c3)CC2)CC1CO. The van der Waals surface area contributed by atoms with Gasteiger partial charge in [-0.25, -0.2) is 4.79 Å². The fourth-order valence-electron chi connectivity index (χ4n) is 4.52. The number of halogens is 3. The Morgan fingerprint density at radius 3 is 2.45 bits per heavy atom. The lowest BCUT2D eigenvalue weighted by atomic mass is 9.76. The number of benzene rings is 1. The molecule has 3 rings (SSSR count). The van der Waals surface area contributed by atoms with Crippen molar-refractivity contribution in [2.24, 2.45) is 5.41 Å². The molecule has 31 heavy (non-hydrogen) atoms. The third-order valence-electron chi connectivity index (χ3n) is 6.07. The molecule has 0 bridgehead atoms. The number of rotatable bonds is 2. The van der Waals surface area contributed by atoms with E-state index in [-0.39, 0.29) is 23.6 Å². The van der Waals surface area contributed by atoms with Crippen LogP contribution in [0.4, 0.5) is 23.7 Å². The molecule has 9 heteroatoms. The van der Waals surface area contributed by atoms with Gasteiger partial charge in [0.2, 0.25) is 0 Å². The van der Waals surface area contributed by atoms with Crippen molar-refractivity contribution in [2.45, 2.75) is 57.9 Å². The summed E-state index contributed by atoms with van der Waals surface area (Å²) in [5, 5.41) is 18.8. The smallest absolute Gasteiger partial charge is 0.417 e. The molecule has 2 saturated heterocycles. The molecule has 1 atom stereocenters. The van der Waals surface area contributed by atoms with Gasteiger partial charge in [-0.3, -0.25) is 0 Å². The highest BCUT2D eigenvalue weighted by Crippen LogP contribution is 2.45. The van der Waals surface area contributed by atoms with Gasteiger partial charge in [0.15, 0.2) is 0 Å². The molecule has 1 aromatic carbocycles. The number of hydrogen-bond donors (Lipinski definition) is 1. The number of aliphatic hydroxyl groups is 1. The van der Waals surface area contributed by atoms with Crippen LogP contribution in [0.25, 0.3) is 0 Å². The summed E-state index contributed by atoms with van der Waals surface area (Å²) in [7, 11) is 0. The third kappa shape index (κ3) is 5.06. The Kier molecular flexibility index (Phi) is 6.16. The number of amides is 1. The number of nitriles is 1. The summed E-state index contributed by atoms with van der Waals surface area (Å²) >= 11 is 0. The van der Waals surface area contributed by atoms with Crippen LogP contribution in [0.2, 0.25) is 0 Å². The standard InChI is InChI=1S/C22H28F3N3O3/c1-20(2,3)31-19(30)28-14-21(11-17(28)13-29)6-8-27(9-7-21)16-5-4-15(12-26)18(10-16)22(23,24)25/h4-5,10,17,29H,6-9,11,13-14H2,1-3H3. The summed E-state index contributed by atoms with van der Waals surface area (Å²) in [6, 6.07) is 5.07. The van der Waals surface area contributed by atoms with Crippen LogP contribution in [0.15, 0.2) is 18.2 Å². The normalized spacial score (nSPS) is 21.3. The molecule has 0 radical (unpaired) electrons. The average Bonchev–Trinajstić information content (AvgIpc) is 3.05. The molecular formula is C22H28F3N3O3. The number of ether oxygens (including phenoxy) is 1. The minimum absolute atomic E-state index is 0.157. The van der Waals surface area contributed by atoms with E-state index in [1.807, 2.05) is 4.90 Å². The largest absolute Gasteiger partial charge is 0.444 e. The first kappa shape index (κ1) is 23.2. The first-order chi connectivity index (χ1) is 14.4. The quantitative estimate of drug-likeness (QED) is 0.749. The zero-order valence-corrected chi connectivity index (χ0v) is 18.0. The molecular weight excluding hydrogens is 411 g/mol. The van der Waals surface area contributed by atoms with E-state index in [1.54, 1.807) is 37.8 Å². The second kappa shape index (κ2) is 8.23. The Morgan fingerprint density at radius 1 is 1.29 bits per heavy atom. The van der Waals surface area contributed by atoms with Crippen LogP contribution >= 0.6 is 0 Å². The molecule has 1 unspecified atom stereocenters. The highest BCUT2D eigenvalue weighted by molar-refractivity contribution is 5.69. The number of carbonyl (C=O) groups excluding carboxylic acids is 1. The molecule has 2 fully saturated rings. The lowest BCUT2D eigenvalue weighted by Crippen LogP contribution is -2.44. The maximum atomic E-state index is 13.3. The van der Waals surface area contributed by atoms with Crippen molar-refractivity contribution in [3.63, 3.8) is 0 Å². The number of anilines is 1. The predicted octanol–water partition coefficient (Wildman–Crippen LogP) is 4.17. The molecule has 6 nitrogen and oxygen atoms in total. The highest BCUT2D eigenvalue weighted by Gasteiger charge is 2.48. The Bertz CT molecular complexity index is 865. The fourth-order valence-corrected chi connectivity index (χ4v) is 4.52. The van der Waals surface area contributed by atoms with Crippen molar-refractivity contribution in [1.82, 2.24) is 4.90 Å². The minimum Gasteiger partial charge on any atom is -0.444 e. The summed E-state index contributed by atoms with van der Waals surface area (Å²) in [6.07, 6.45) is -3.04. The van der Waals surface area contributed by atoms with E-state index in [4.69, 9.17) is 10.00 Å². The second-order valence-corrected chi connectivity index (χ2v) is 9.48. The van der Waals surface area contributed by atoms with Gasteiger partial charge < -0.3 is 19.6 Å². The van der Waals surface area contributed by atoms with Crippen LogP contribution < -0.4 is 4.90 Å².